The molecule has 1 rings (SSSR count). The van der Waals surface area contributed by atoms with Crippen LogP contribution in [0.25, 0.3) is 0 Å². The minimum atomic E-state index is 0.259. The Morgan fingerprint density at radius 2 is 1.89 bits per heavy atom. The second kappa shape index (κ2) is 10.8. The molecule has 1 aliphatic rings. The fraction of sp³-hybridized carbons (Fsp3) is 1.00. The van der Waals surface area contributed by atoms with E-state index in [1.54, 1.807) is 0 Å². The first-order valence-corrected chi connectivity index (χ1v) is 7.81. The van der Waals surface area contributed by atoms with Gasteiger partial charge < -0.3 is 14.8 Å². The highest BCUT2D eigenvalue weighted by Crippen LogP contribution is 2.12. The van der Waals surface area contributed by atoms with Gasteiger partial charge in [0, 0.05) is 19.3 Å². The van der Waals surface area contributed by atoms with Gasteiger partial charge in [-0.3, -0.25) is 0 Å². The summed E-state index contributed by atoms with van der Waals surface area (Å²) >= 11 is 0. The van der Waals surface area contributed by atoms with Crippen LogP contribution in [0.2, 0.25) is 0 Å². The largest absolute Gasteiger partial charge is 0.379 e. The molecule has 0 saturated carbocycles. The van der Waals surface area contributed by atoms with Crippen molar-refractivity contribution in [2.24, 2.45) is 0 Å². The van der Waals surface area contributed by atoms with Crippen LogP contribution < -0.4 is 5.32 Å². The van der Waals surface area contributed by atoms with Crippen LogP contribution in [0.3, 0.4) is 0 Å². The summed E-state index contributed by atoms with van der Waals surface area (Å²) in [6.45, 7) is 7.94. The Balaban J connectivity index is 2.02. The average molecular weight is 257 g/mol. The molecule has 0 radical (unpaired) electrons. The number of hydrogen-bond donors (Lipinski definition) is 1. The predicted octanol–water partition coefficient (Wildman–Crippen LogP) is 3.13. The Morgan fingerprint density at radius 1 is 1.11 bits per heavy atom. The molecule has 0 bridgehead atoms. The van der Waals surface area contributed by atoms with E-state index in [4.69, 9.17) is 9.47 Å². The standard InChI is InChI=1S/C15H31NO2/c1-3-5-6-7-8-9-11-18-15-13-17-12-10-14(15)16-4-2/h14-16H,3-13H2,1-2H3. The third kappa shape index (κ3) is 6.72. The minimum absolute atomic E-state index is 0.259. The molecule has 0 amide bonds. The molecule has 1 aliphatic heterocycles. The summed E-state index contributed by atoms with van der Waals surface area (Å²) in [4.78, 5) is 0. The van der Waals surface area contributed by atoms with Gasteiger partial charge in [-0.15, -0.1) is 0 Å². The summed E-state index contributed by atoms with van der Waals surface area (Å²) in [7, 11) is 0. The van der Waals surface area contributed by atoms with E-state index in [9.17, 15) is 0 Å². The molecule has 1 N–H and O–H groups in total. The molecule has 0 spiro atoms. The van der Waals surface area contributed by atoms with E-state index in [2.05, 4.69) is 19.2 Å². The first-order valence-electron chi connectivity index (χ1n) is 7.81. The summed E-state index contributed by atoms with van der Waals surface area (Å²) < 4.78 is 11.5. The van der Waals surface area contributed by atoms with Crippen molar-refractivity contribution in [3.8, 4) is 0 Å². The smallest absolute Gasteiger partial charge is 0.0961 e. The van der Waals surface area contributed by atoms with Crippen molar-refractivity contribution in [3.63, 3.8) is 0 Å². The lowest BCUT2D eigenvalue weighted by Gasteiger charge is -2.32. The van der Waals surface area contributed by atoms with Gasteiger partial charge >= 0.3 is 0 Å². The quantitative estimate of drug-likeness (QED) is 0.610. The molecule has 0 aliphatic carbocycles. The van der Waals surface area contributed by atoms with Gasteiger partial charge in [0.1, 0.15) is 0 Å². The van der Waals surface area contributed by atoms with E-state index in [1.165, 1.54) is 38.5 Å². The molecule has 1 heterocycles. The van der Waals surface area contributed by atoms with Crippen molar-refractivity contribution in [3.05, 3.63) is 0 Å². The molecule has 2 atom stereocenters. The molecular formula is C15H31NO2. The maximum Gasteiger partial charge on any atom is 0.0961 e. The van der Waals surface area contributed by atoms with Crippen LogP contribution in [0.4, 0.5) is 0 Å². The Bertz CT molecular complexity index is 185. The van der Waals surface area contributed by atoms with Gasteiger partial charge in [0.2, 0.25) is 0 Å². The number of rotatable bonds is 10. The topological polar surface area (TPSA) is 30.5 Å². The molecule has 2 unspecified atom stereocenters. The van der Waals surface area contributed by atoms with Crippen molar-refractivity contribution in [2.45, 2.75) is 70.9 Å². The third-order valence-corrected chi connectivity index (χ3v) is 3.60. The number of ether oxygens (including phenoxy) is 2. The maximum atomic E-state index is 5.97. The van der Waals surface area contributed by atoms with Crippen molar-refractivity contribution in [2.75, 3.05) is 26.4 Å². The normalized spacial score (nSPS) is 24.3. The highest BCUT2D eigenvalue weighted by molar-refractivity contribution is 4.80. The van der Waals surface area contributed by atoms with Crippen LogP contribution >= 0.6 is 0 Å². The zero-order valence-electron chi connectivity index (χ0n) is 12.2. The molecule has 0 aromatic heterocycles. The molecular weight excluding hydrogens is 226 g/mol. The van der Waals surface area contributed by atoms with Gasteiger partial charge in [-0.1, -0.05) is 46.0 Å². The summed E-state index contributed by atoms with van der Waals surface area (Å²) in [5, 5.41) is 3.50. The monoisotopic (exact) mass is 257 g/mol. The minimum Gasteiger partial charge on any atom is -0.379 e. The Hall–Kier alpha value is -0.120. The maximum absolute atomic E-state index is 5.97. The van der Waals surface area contributed by atoms with Crippen molar-refractivity contribution < 1.29 is 9.47 Å². The summed E-state index contributed by atoms with van der Waals surface area (Å²) in [6, 6.07) is 0.490. The van der Waals surface area contributed by atoms with E-state index in [-0.39, 0.29) is 6.10 Å². The molecule has 108 valence electrons. The second-order valence-electron chi connectivity index (χ2n) is 5.20. The molecule has 3 nitrogen and oxygen atoms in total. The second-order valence-corrected chi connectivity index (χ2v) is 5.20. The van der Waals surface area contributed by atoms with Crippen LogP contribution in [0, 0.1) is 0 Å². The lowest BCUT2D eigenvalue weighted by atomic mass is 10.1. The van der Waals surface area contributed by atoms with Gasteiger partial charge in [0.15, 0.2) is 0 Å². The van der Waals surface area contributed by atoms with E-state index >= 15 is 0 Å². The molecule has 3 heteroatoms. The lowest BCUT2D eigenvalue weighted by Crippen LogP contribution is -2.47. The van der Waals surface area contributed by atoms with E-state index in [1.807, 2.05) is 0 Å². The van der Waals surface area contributed by atoms with E-state index in [0.29, 0.717) is 6.04 Å². The molecule has 18 heavy (non-hydrogen) atoms. The summed E-state index contributed by atoms with van der Waals surface area (Å²) in [5.41, 5.74) is 0. The lowest BCUT2D eigenvalue weighted by molar-refractivity contribution is -0.0692. The first kappa shape index (κ1) is 15.9. The zero-order valence-corrected chi connectivity index (χ0v) is 12.2. The van der Waals surface area contributed by atoms with Gasteiger partial charge in [-0.2, -0.15) is 0 Å². The Kier molecular flexibility index (Phi) is 9.54. The summed E-state index contributed by atoms with van der Waals surface area (Å²) in [5.74, 6) is 0. The Morgan fingerprint density at radius 3 is 2.67 bits per heavy atom. The highest BCUT2D eigenvalue weighted by atomic mass is 16.5. The van der Waals surface area contributed by atoms with Crippen LogP contribution in [-0.4, -0.2) is 38.5 Å². The number of nitrogens with one attached hydrogen (secondary N) is 1. The van der Waals surface area contributed by atoms with Crippen LogP contribution in [-0.2, 0) is 9.47 Å². The van der Waals surface area contributed by atoms with Crippen LogP contribution in [0.15, 0.2) is 0 Å². The summed E-state index contributed by atoms with van der Waals surface area (Å²) in [6.07, 6.45) is 9.26. The SMILES string of the molecule is CCCCCCCCOC1COCCC1NCC. The van der Waals surface area contributed by atoms with Gasteiger partial charge in [0.25, 0.3) is 0 Å². The van der Waals surface area contributed by atoms with E-state index in [0.717, 1.165) is 32.8 Å². The Labute approximate surface area is 113 Å². The number of hydrogen-bond acceptors (Lipinski definition) is 3. The fourth-order valence-corrected chi connectivity index (χ4v) is 2.49. The third-order valence-electron chi connectivity index (χ3n) is 3.60. The highest BCUT2D eigenvalue weighted by Gasteiger charge is 2.25. The van der Waals surface area contributed by atoms with Crippen molar-refractivity contribution in [1.29, 1.82) is 0 Å². The van der Waals surface area contributed by atoms with Crippen LogP contribution in [0.1, 0.15) is 58.8 Å². The zero-order chi connectivity index (χ0) is 13.1. The molecule has 0 aromatic carbocycles. The average Bonchev–Trinajstić information content (AvgIpc) is 2.40. The predicted molar refractivity (Wildman–Crippen MR) is 76.0 cm³/mol. The van der Waals surface area contributed by atoms with Crippen molar-refractivity contribution >= 4 is 0 Å². The number of unbranched alkanes of at least 4 members (excludes halogenated alkanes) is 5. The number of likely N-dealkylation sites (N-methyl/N-ethyl adjacent to an activating group) is 1. The molecule has 1 saturated heterocycles. The first-order chi connectivity index (χ1) is 8.88. The van der Waals surface area contributed by atoms with Gasteiger partial charge in [-0.05, 0) is 19.4 Å². The fourth-order valence-electron chi connectivity index (χ4n) is 2.49. The van der Waals surface area contributed by atoms with Gasteiger partial charge in [0.05, 0.1) is 12.7 Å². The van der Waals surface area contributed by atoms with Crippen molar-refractivity contribution in [1.82, 2.24) is 5.32 Å². The van der Waals surface area contributed by atoms with Crippen LogP contribution in [0.5, 0.6) is 0 Å². The molecule has 0 aromatic rings. The molecule has 1 fully saturated rings. The van der Waals surface area contributed by atoms with E-state index < -0.39 is 0 Å². The van der Waals surface area contributed by atoms with Gasteiger partial charge in [-0.25, -0.2) is 0 Å².